The standard InChI is InChI=1S/C21H42O5/c1-5-7-9-11-12-16-20(22)25-26-21(3,4)17-13-15-19-24-23-18-14-10-8-6-2/h5-19H2,1-4H3. The van der Waals surface area contributed by atoms with E-state index >= 15 is 0 Å². The lowest BCUT2D eigenvalue weighted by atomic mass is 10.0. The number of unbranched alkanes of at least 4 members (excludes halogenated alkanes) is 8. The maximum Gasteiger partial charge on any atom is 0.342 e. The summed E-state index contributed by atoms with van der Waals surface area (Å²) in [6.45, 7) is 9.50. The molecule has 0 aromatic rings. The molecule has 0 fully saturated rings. The Morgan fingerprint density at radius 2 is 1.27 bits per heavy atom. The van der Waals surface area contributed by atoms with Gasteiger partial charge in [-0.2, -0.15) is 4.89 Å². The lowest BCUT2D eigenvalue weighted by Crippen LogP contribution is -2.26. The Bertz CT molecular complexity index is 318. The normalized spacial score (nSPS) is 11.7. The van der Waals surface area contributed by atoms with E-state index in [-0.39, 0.29) is 5.97 Å². The summed E-state index contributed by atoms with van der Waals surface area (Å²) < 4.78 is 0. The zero-order chi connectivity index (χ0) is 19.5. The molecule has 0 aromatic heterocycles. The molecule has 0 radical (unpaired) electrons. The molecule has 0 aliphatic heterocycles. The monoisotopic (exact) mass is 374 g/mol. The van der Waals surface area contributed by atoms with E-state index in [9.17, 15) is 4.79 Å². The third-order valence-electron chi connectivity index (χ3n) is 4.27. The highest BCUT2D eigenvalue weighted by molar-refractivity contribution is 5.68. The van der Waals surface area contributed by atoms with Gasteiger partial charge in [-0.15, -0.1) is 0 Å². The predicted molar refractivity (Wildman–Crippen MR) is 105 cm³/mol. The van der Waals surface area contributed by atoms with E-state index in [4.69, 9.17) is 19.6 Å². The summed E-state index contributed by atoms with van der Waals surface area (Å²) in [7, 11) is 0. The number of hydrogen-bond acceptors (Lipinski definition) is 5. The number of hydrogen-bond donors (Lipinski definition) is 0. The number of rotatable bonds is 19. The molecular formula is C21H42O5. The van der Waals surface area contributed by atoms with Crippen LogP contribution in [0.25, 0.3) is 0 Å². The third kappa shape index (κ3) is 18.2. The second kappa shape index (κ2) is 17.7. The van der Waals surface area contributed by atoms with Crippen LogP contribution in [-0.4, -0.2) is 24.8 Å². The summed E-state index contributed by atoms with van der Waals surface area (Å²) in [5, 5.41) is 0. The molecule has 5 heteroatoms. The zero-order valence-corrected chi connectivity index (χ0v) is 17.6. The summed E-state index contributed by atoms with van der Waals surface area (Å²) in [5.74, 6) is -0.269. The van der Waals surface area contributed by atoms with E-state index in [2.05, 4.69) is 13.8 Å². The van der Waals surface area contributed by atoms with Crippen molar-refractivity contribution in [1.82, 2.24) is 0 Å². The van der Waals surface area contributed by atoms with Crippen molar-refractivity contribution in [2.24, 2.45) is 0 Å². The molecule has 0 aromatic carbocycles. The van der Waals surface area contributed by atoms with Crippen LogP contribution < -0.4 is 0 Å². The summed E-state index contributed by atoms with van der Waals surface area (Å²) in [5.41, 5.74) is -0.473. The van der Waals surface area contributed by atoms with Crippen LogP contribution in [0.4, 0.5) is 0 Å². The van der Waals surface area contributed by atoms with Gasteiger partial charge in [0.15, 0.2) is 0 Å². The van der Waals surface area contributed by atoms with Gasteiger partial charge in [-0.25, -0.2) is 14.6 Å². The van der Waals surface area contributed by atoms with Gasteiger partial charge >= 0.3 is 5.97 Å². The molecule has 5 nitrogen and oxygen atoms in total. The van der Waals surface area contributed by atoms with Crippen LogP contribution in [0.15, 0.2) is 0 Å². The lowest BCUT2D eigenvalue weighted by molar-refractivity contribution is -0.327. The van der Waals surface area contributed by atoms with Crippen LogP contribution in [-0.2, 0) is 24.3 Å². The first-order valence-electron chi connectivity index (χ1n) is 10.6. The first-order chi connectivity index (χ1) is 12.5. The summed E-state index contributed by atoms with van der Waals surface area (Å²) >= 11 is 0. The Hall–Kier alpha value is -0.650. The van der Waals surface area contributed by atoms with Crippen molar-refractivity contribution in [3.05, 3.63) is 0 Å². The van der Waals surface area contributed by atoms with Crippen molar-refractivity contribution in [1.29, 1.82) is 0 Å². The molecule has 0 aliphatic rings. The van der Waals surface area contributed by atoms with E-state index in [0.717, 1.165) is 38.5 Å². The van der Waals surface area contributed by atoms with Gasteiger partial charge in [-0.3, -0.25) is 4.89 Å². The first kappa shape index (κ1) is 25.4. The average molecular weight is 375 g/mol. The zero-order valence-electron chi connectivity index (χ0n) is 17.6. The van der Waals surface area contributed by atoms with E-state index < -0.39 is 5.60 Å². The van der Waals surface area contributed by atoms with Gasteiger partial charge in [0.25, 0.3) is 0 Å². The summed E-state index contributed by atoms with van der Waals surface area (Å²) in [6, 6.07) is 0. The van der Waals surface area contributed by atoms with Crippen molar-refractivity contribution in [2.75, 3.05) is 13.2 Å². The van der Waals surface area contributed by atoms with Crippen LogP contribution in [0.1, 0.15) is 111 Å². The lowest BCUT2D eigenvalue weighted by Gasteiger charge is -2.22. The fourth-order valence-corrected chi connectivity index (χ4v) is 2.53. The van der Waals surface area contributed by atoms with Crippen LogP contribution >= 0.6 is 0 Å². The van der Waals surface area contributed by atoms with Crippen molar-refractivity contribution in [2.45, 2.75) is 117 Å². The Labute approximate surface area is 161 Å². The molecule has 0 bridgehead atoms. The van der Waals surface area contributed by atoms with Crippen LogP contribution in [0.3, 0.4) is 0 Å². The van der Waals surface area contributed by atoms with Crippen molar-refractivity contribution in [3.63, 3.8) is 0 Å². The molecular weight excluding hydrogens is 332 g/mol. The van der Waals surface area contributed by atoms with Crippen molar-refractivity contribution < 1.29 is 24.3 Å². The fraction of sp³-hybridized carbons (Fsp3) is 0.952. The molecule has 0 spiro atoms. The van der Waals surface area contributed by atoms with Gasteiger partial charge in [0.05, 0.1) is 13.2 Å². The molecule has 0 N–H and O–H groups in total. The van der Waals surface area contributed by atoms with Gasteiger partial charge in [0.2, 0.25) is 0 Å². The second-order valence-electron chi connectivity index (χ2n) is 7.62. The van der Waals surface area contributed by atoms with E-state index in [0.29, 0.717) is 19.6 Å². The molecule has 0 saturated carbocycles. The Morgan fingerprint density at radius 1 is 0.731 bits per heavy atom. The highest BCUT2D eigenvalue weighted by atomic mass is 17.2. The molecule has 26 heavy (non-hydrogen) atoms. The molecule has 0 heterocycles. The van der Waals surface area contributed by atoms with Crippen LogP contribution in [0.5, 0.6) is 0 Å². The topological polar surface area (TPSA) is 54.0 Å². The third-order valence-corrected chi connectivity index (χ3v) is 4.27. The molecule has 0 aliphatic carbocycles. The molecule has 0 saturated heterocycles. The van der Waals surface area contributed by atoms with Crippen molar-refractivity contribution >= 4 is 5.97 Å². The highest BCUT2D eigenvalue weighted by Crippen LogP contribution is 2.19. The van der Waals surface area contributed by atoms with Gasteiger partial charge in [-0.05, 0) is 46.0 Å². The summed E-state index contributed by atoms with van der Waals surface area (Å²) in [6.07, 6.45) is 13.4. The summed E-state index contributed by atoms with van der Waals surface area (Å²) in [4.78, 5) is 32.3. The Morgan fingerprint density at radius 3 is 1.88 bits per heavy atom. The maximum absolute atomic E-state index is 11.7. The van der Waals surface area contributed by atoms with Gasteiger partial charge in [-0.1, -0.05) is 58.8 Å². The second-order valence-corrected chi connectivity index (χ2v) is 7.62. The SMILES string of the molecule is CCCCCCCC(=O)OOC(C)(C)CCCCOOCCCCCC. The fourth-order valence-electron chi connectivity index (χ4n) is 2.53. The van der Waals surface area contributed by atoms with Crippen LogP contribution in [0, 0.1) is 0 Å². The molecule has 0 rings (SSSR count). The minimum atomic E-state index is -0.473. The molecule has 0 atom stereocenters. The quantitative estimate of drug-likeness (QED) is 0.151. The predicted octanol–water partition coefficient (Wildman–Crippen LogP) is 6.30. The smallest absolute Gasteiger partial charge is 0.298 e. The van der Waals surface area contributed by atoms with E-state index in [1.165, 1.54) is 38.5 Å². The molecule has 0 unspecified atom stereocenters. The van der Waals surface area contributed by atoms with Crippen molar-refractivity contribution in [3.8, 4) is 0 Å². The molecule has 0 amide bonds. The van der Waals surface area contributed by atoms with Gasteiger partial charge in [0.1, 0.15) is 5.60 Å². The van der Waals surface area contributed by atoms with Gasteiger partial charge < -0.3 is 0 Å². The van der Waals surface area contributed by atoms with Crippen LogP contribution in [0.2, 0.25) is 0 Å². The first-order valence-corrected chi connectivity index (χ1v) is 10.6. The Balaban J connectivity index is 3.50. The number of carbonyl (C=O) groups is 1. The average Bonchev–Trinajstić information content (AvgIpc) is 2.61. The minimum absolute atomic E-state index is 0.269. The number of carbonyl (C=O) groups excluding carboxylic acids is 1. The maximum atomic E-state index is 11.7. The Kier molecular flexibility index (Phi) is 17.3. The minimum Gasteiger partial charge on any atom is -0.298 e. The van der Waals surface area contributed by atoms with E-state index in [1.54, 1.807) is 0 Å². The largest absolute Gasteiger partial charge is 0.342 e. The molecule has 156 valence electrons. The van der Waals surface area contributed by atoms with Gasteiger partial charge in [0, 0.05) is 6.42 Å². The van der Waals surface area contributed by atoms with E-state index in [1.807, 2.05) is 13.8 Å². The highest BCUT2D eigenvalue weighted by Gasteiger charge is 2.21.